The largest absolute Gasteiger partial charge is 0.381 e. The highest BCUT2D eigenvalue weighted by atomic mass is 79.9. The van der Waals surface area contributed by atoms with Gasteiger partial charge in [0.2, 0.25) is 0 Å². The first-order valence-electron chi connectivity index (χ1n) is 5.77. The van der Waals surface area contributed by atoms with Gasteiger partial charge in [-0.25, -0.2) is 0 Å². The first-order valence-corrected chi connectivity index (χ1v) is 6.56. The number of hydrogen-bond donors (Lipinski definition) is 1. The number of nitrogens with zero attached hydrogens (tertiary/aromatic N) is 1. The molecule has 0 saturated carbocycles. The normalized spacial score (nSPS) is 24.1. The Morgan fingerprint density at radius 1 is 1.53 bits per heavy atom. The lowest BCUT2D eigenvalue weighted by Gasteiger charge is -2.29. The van der Waals surface area contributed by atoms with Crippen molar-refractivity contribution >= 4 is 21.6 Å². The van der Waals surface area contributed by atoms with Gasteiger partial charge in [0, 0.05) is 22.8 Å². The molecule has 1 aromatic rings. The Hall–Kier alpha value is -1.05. The number of halogens is 1. The van der Waals surface area contributed by atoms with Gasteiger partial charge in [-0.15, -0.1) is 0 Å². The minimum atomic E-state index is 0.318. The van der Waals surface area contributed by atoms with Gasteiger partial charge in [0.25, 0.3) is 0 Å². The minimum absolute atomic E-state index is 0.318. The minimum Gasteiger partial charge on any atom is -0.381 e. The van der Waals surface area contributed by atoms with Crippen LogP contribution in [-0.4, -0.2) is 18.8 Å². The molecule has 0 radical (unpaired) electrons. The number of anilines is 1. The van der Waals surface area contributed by atoms with E-state index in [1.807, 2.05) is 18.2 Å². The van der Waals surface area contributed by atoms with E-state index in [9.17, 15) is 0 Å². The van der Waals surface area contributed by atoms with Crippen LogP contribution in [-0.2, 0) is 4.74 Å². The third-order valence-electron chi connectivity index (χ3n) is 2.94. The van der Waals surface area contributed by atoms with Crippen LogP contribution < -0.4 is 5.32 Å². The molecule has 0 aromatic heterocycles. The Morgan fingerprint density at radius 2 is 2.35 bits per heavy atom. The fourth-order valence-corrected chi connectivity index (χ4v) is 2.54. The first kappa shape index (κ1) is 12.4. The number of hydrogen-bond acceptors (Lipinski definition) is 3. The van der Waals surface area contributed by atoms with E-state index in [0.717, 1.165) is 29.6 Å². The number of benzene rings is 1. The highest BCUT2D eigenvalue weighted by Gasteiger charge is 2.19. The molecule has 2 unspecified atom stereocenters. The van der Waals surface area contributed by atoms with Crippen LogP contribution in [0.4, 0.5) is 5.69 Å². The summed E-state index contributed by atoms with van der Waals surface area (Å²) in [6.07, 6.45) is 2.36. The van der Waals surface area contributed by atoms with E-state index in [0.29, 0.717) is 17.7 Å². The number of rotatable bonds is 2. The molecule has 3 nitrogen and oxygen atoms in total. The second kappa shape index (κ2) is 5.52. The Morgan fingerprint density at radius 3 is 3.00 bits per heavy atom. The van der Waals surface area contributed by atoms with E-state index in [2.05, 4.69) is 34.2 Å². The van der Waals surface area contributed by atoms with Gasteiger partial charge in [0.15, 0.2) is 0 Å². The fourth-order valence-electron chi connectivity index (χ4n) is 2.05. The molecule has 4 heteroatoms. The molecule has 0 bridgehead atoms. The van der Waals surface area contributed by atoms with Crippen LogP contribution in [0, 0.1) is 11.3 Å². The van der Waals surface area contributed by atoms with Gasteiger partial charge in [-0.1, -0.05) is 0 Å². The van der Waals surface area contributed by atoms with Gasteiger partial charge >= 0.3 is 0 Å². The summed E-state index contributed by atoms with van der Waals surface area (Å²) in [6, 6.07) is 8.19. The summed E-state index contributed by atoms with van der Waals surface area (Å²) in [4.78, 5) is 0. The summed E-state index contributed by atoms with van der Waals surface area (Å²) in [5.74, 6) is 0. The van der Waals surface area contributed by atoms with Crippen LogP contribution in [0.5, 0.6) is 0 Å². The molecule has 2 atom stereocenters. The Balaban J connectivity index is 2.06. The zero-order chi connectivity index (χ0) is 12.3. The van der Waals surface area contributed by atoms with Gasteiger partial charge in [-0.2, -0.15) is 5.26 Å². The second-order valence-electron chi connectivity index (χ2n) is 4.35. The molecule has 90 valence electrons. The van der Waals surface area contributed by atoms with Crippen LogP contribution >= 0.6 is 15.9 Å². The van der Waals surface area contributed by atoms with E-state index in [1.54, 1.807) is 0 Å². The van der Waals surface area contributed by atoms with Crippen molar-refractivity contribution in [3.63, 3.8) is 0 Å². The summed E-state index contributed by atoms with van der Waals surface area (Å²) in [5, 5.41) is 12.3. The molecule has 1 heterocycles. The summed E-state index contributed by atoms with van der Waals surface area (Å²) in [7, 11) is 0. The third kappa shape index (κ3) is 3.21. The predicted molar refractivity (Wildman–Crippen MR) is 70.9 cm³/mol. The molecule has 0 amide bonds. The second-order valence-corrected chi connectivity index (χ2v) is 5.21. The van der Waals surface area contributed by atoms with Crippen molar-refractivity contribution in [2.75, 3.05) is 11.9 Å². The molecular weight excluding hydrogens is 280 g/mol. The van der Waals surface area contributed by atoms with E-state index in [-0.39, 0.29) is 0 Å². The van der Waals surface area contributed by atoms with Gasteiger partial charge in [-0.05, 0) is 53.9 Å². The van der Waals surface area contributed by atoms with E-state index >= 15 is 0 Å². The summed E-state index contributed by atoms with van der Waals surface area (Å²) in [6.45, 7) is 2.91. The summed E-state index contributed by atoms with van der Waals surface area (Å²) >= 11 is 3.49. The lowest BCUT2D eigenvalue weighted by Crippen LogP contribution is -2.32. The van der Waals surface area contributed by atoms with Gasteiger partial charge in [-0.3, -0.25) is 0 Å². The Bertz CT molecular complexity index is 442. The van der Waals surface area contributed by atoms with Crippen molar-refractivity contribution in [2.24, 2.45) is 0 Å². The van der Waals surface area contributed by atoms with Crippen molar-refractivity contribution in [3.05, 3.63) is 28.2 Å². The predicted octanol–water partition coefficient (Wildman–Crippen LogP) is 3.30. The third-order valence-corrected chi connectivity index (χ3v) is 3.60. The maximum Gasteiger partial charge on any atom is 0.0992 e. The molecule has 2 rings (SSSR count). The maximum absolute atomic E-state index is 8.80. The average Bonchev–Trinajstić information content (AvgIpc) is 2.32. The highest BCUT2D eigenvalue weighted by Crippen LogP contribution is 2.26. The standard InChI is InChI=1S/C13H15BrN2O/c1-9-6-11(4-5-17-9)16-13-3-2-10(8-15)7-12(13)14/h2-3,7,9,11,16H,4-6H2,1H3. The molecule has 17 heavy (non-hydrogen) atoms. The number of ether oxygens (including phenoxy) is 1. The first-order chi connectivity index (χ1) is 8.19. The van der Waals surface area contributed by atoms with Crippen molar-refractivity contribution in [3.8, 4) is 6.07 Å². The molecule has 0 aliphatic carbocycles. The van der Waals surface area contributed by atoms with Crippen LogP contribution in [0.25, 0.3) is 0 Å². The van der Waals surface area contributed by atoms with E-state index in [4.69, 9.17) is 10.00 Å². The Kier molecular flexibility index (Phi) is 4.03. The molecule has 1 aromatic carbocycles. The maximum atomic E-state index is 8.80. The number of nitriles is 1. The van der Waals surface area contributed by atoms with Crippen molar-refractivity contribution in [2.45, 2.75) is 31.9 Å². The number of nitrogens with one attached hydrogen (secondary N) is 1. The topological polar surface area (TPSA) is 45.0 Å². The smallest absolute Gasteiger partial charge is 0.0992 e. The quantitative estimate of drug-likeness (QED) is 0.910. The van der Waals surface area contributed by atoms with Crippen molar-refractivity contribution < 1.29 is 4.74 Å². The van der Waals surface area contributed by atoms with Crippen LogP contribution in [0.3, 0.4) is 0 Å². The van der Waals surface area contributed by atoms with Crippen molar-refractivity contribution in [1.29, 1.82) is 5.26 Å². The molecule has 1 fully saturated rings. The van der Waals surface area contributed by atoms with Crippen LogP contribution in [0.2, 0.25) is 0 Å². The molecule has 1 aliphatic heterocycles. The van der Waals surface area contributed by atoms with Crippen LogP contribution in [0.1, 0.15) is 25.3 Å². The van der Waals surface area contributed by atoms with Gasteiger partial charge in [0.1, 0.15) is 0 Å². The highest BCUT2D eigenvalue weighted by molar-refractivity contribution is 9.10. The lowest BCUT2D eigenvalue weighted by atomic mass is 10.0. The van der Waals surface area contributed by atoms with Gasteiger partial charge < -0.3 is 10.1 Å². The van der Waals surface area contributed by atoms with Crippen LogP contribution in [0.15, 0.2) is 22.7 Å². The van der Waals surface area contributed by atoms with E-state index < -0.39 is 0 Å². The molecule has 0 spiro atoms. The van der Waals surface area contributed by atoms with E-state index in [1.165, 1.54) is 0 Å². The summed E-state index contributed by atoms with van der Waals surface area (Å²) in [5.41, 5.74) is 1.71. The molecular formula is C13H15BrN2O. The zero-order valence-corrected chi connectivity index (χ0v) is 11.3. The molecule has 1 saturated heterocycles. The molecule has 1 N–H and O–H groups in total. The van der Waals surface area contributed by atoms with Gasteiger partial charge in [0.05, 0.1) is 17.7 Å². The fraction of sp³-hybridized carbons (Fsp3) is 0.462. The zero-order valence-electron chi connectivity index (χ0n) is 9.74. The lowest BCUT2D eigenvalue weighted by molar-refractivity contribution is 0.0232. The van der Waals surface area contributed by atoms with Crippen molar-refractivity contribution in [1.82, 2.24) is 0 Å². The monoisotopic (exact) mass is 294 g/mol. The average molecular weight is 295 g/mol. The Labute approximate surface area is 110 Å². The summed E-state index contributed by atoms with van der Waals surface area (Å²) < 4.78 is 6.46. The molecule has 1 aliphatic rings. The SMILES string of the molecule is CC1CC(Nc2ccc(C#N)cc2Br)CCO1.